The van der Waals surface area contributed by atoms with E-state index in [9.17, 15) is 22.4 Å². The first-order chi connectivity index (χ1) is 13.2. The first-order valence-corrected chi connectivity index (χ1v) is 8.06. The lowest BCUT2D eigenvalue weighted by Gasteiger charge is -2.09. The van der Waals surface area contributed by atoms with Gasteiger partial charge >= 0.3 is 6.18 Å². The second-order valence-electron chi connectivity index (χ2n) is 5.84. The molecule has 0 saturated heterocycles. The number of hydrogen-bond acceptors (Lipinski definition) is 4. The average Bonchev–Trinajstić information content (AvgIpc) is 3.02. The maximum Gasteiger partial charge on any atom is 0.416 e. The van der Waals surface area contributed by atoms with Gasteiger partial charge in [-0.15, -0.1) is 0 Å². The summed E-state index contributed by atoms with van der Waals surface area (Å²) in [5.74, 6) is -0.338. The third-order valence-electron chi connectivity index (χ3n) is 3.87. The van der Waals surface area contributed by atoms with Crippen LogP contribution < -0.4 is 10.1 Å². The quantitative estimate of drug-likeness (QED) is 0.621. The van der Waals surface area contributed by atoms with Crippen LogP contribution in [0.15, 0.2) is 53.1 Å². The number of aromatic nitrogens is 1. The van der Waals surface area contributed by atoms with Gasteiger partial charge in [-0.1, -0.05) is 5.16 Å². The fourth-order valence-electron chi connectivity index (χ4n) is 2.36. The molecular weight excluding hydrogens is 380 g/mol. The molecule has 3 rings (SSSR count). The van der Waals surface area contributed by atoms with Gasteiger partial charge < -0.3 is 14.6 Å². The van der Waals surface area contributed by atoms with Gasteiger partial charge in [0.05, 0.1) is 11.1 Å². The highest BCUT2D eigenvalue weighted by molar-refractivity contribution is 6.03. The number of benzene rings is 2. The minimum atomic E-state index is -4.46. The topological polar surface area (TPSA) is 64.4 Å². The summed E-state index contributed by atoms with van der Waals surface area (Å²) >= 11 is 0. The van der Waals surface area contributed by atoms with Crippen molar-refractivity contribution in [2.75, 3.05) is 5.32 Å². The fraction of sp³-hybridized carbons (Fsp3) is 0.158. The maximum absolute atomic E-state index is 12.9. The molecule has 1 N–H and O–H groups in total. The lowest BCUT2D eigenvalue weighted by Crippen LogP contribution is -2.15. The van der Waals surface area contributed by atoms with E-state index in [2.05, 4.69) is 10.5 Å². The Balaban J connectivity index is 1.71. The number of amides is 1. The standard InChI is InChI=1S/C19H14F4N2O3/c1-11-16(10-27-15-8-4-13(20)5-9-15)17(25-28-11)18(26)24-14-6-2-12(3-7-14)19(21,22)23/h2-9H,10H2,1H3,(H,24,26). The smallest absolute Gasteiger partial charge is 0.416 e. The highest BCUT2D eigenvalue weighted by Crippen LogP contribution is 2.30. The molecule has 0 fully saturated rings. The minimum absolute atomic E-state index is 0.0560. The normalized spacial score (nSPS) is 11.3. The van der Waals surface area contributed by atoms with Crippen molar-refractivity contribution in [3.8, 4) is 5.75 Å². The largest absolute Gasteiger partial charge is 0.489 e. The summed E-state index contributed by atoms with van der Waals surface area (Å²) in [7, 11) is 0. The van der Waals surface area contributed by atoms with Crippen molar-refractivity contribution in [3.05, 3.63) is 76.9 Å². The third kappa shape index (κ3) is 4.48. The molecule has 0 aliphatic rings. The molecule has 9 heteroatoms. The molecule has 146 valence electrons. The second kappa shape index (κ2) is 7.71. The van der Waals surface area contributed by atoms with Crippen LogP contribution >= 0.6 is 0 Å². The van der Waals surface area contributed by atoms with E-state index in [4.69, 9.17) is 9.26 Å². The van der Waals surface area contributed by atoms with E-state index >= 15 is 0 Å². The van der Waals surface area contributed by atoms with E-state index in [0.717, 1.165) is 24.3 Å². The summed E-state index contributed by atoms with van der Waals surface area (Å²) in [6.07, 6.45) is -4.46. The number of alkyl halides is 3. The molecule has 0 aliphatic carbocycles. The molecule has 1 aromatic heterocycles. The first-order valence-electron chi connectivity index (χ1n) is 8.06. The summed E-state index contributed by atoms with van der Waals surface area (Å²) in [5, 5.41) is 6.15. The molecule has 2 aromatic carbocycles. The van der Waals surface area contributed by atoms with Crippen LogP contribution in [0.5, 0.6) is 5.75 Å². The van der Waals surface area contributed by atoms with E-state index in [1.807, 2.05) is 0 Å². The summed E-state index contributed by atoms with van der Waals surface area (Å²) < 4.78 is 61.3. The predicted octanol–water partition coefficient (Wildman–Crippen LogP) is 4.97. The molecule has 0 aliphatic heterocycles. The zero-order valence-electron chi connectivity index (χ0n) is 14.5. The van der Waals surface area contributed by atoms with Crippen molar-refractivity contribution in [3.63, 3.8) is 0 Å². The van der Waals surface area contributed by atoms with Crippen molar-refractivity contribution in [2.24, 2.45) is 0 Å². The van der Waals surface area contributed by atoms with Gasteiger partial charge in [-0.05, 0) is 55.5 Å². The Labute approximate surface area is 156 Å². The van der Waals surface area contributed by atoms with Gasteiger partial charge in [0.1, 0.15) is 23.9 Å². The van der Waals surface area contributed by atoms with Gasteiger partial charge in [-0.25, -0.2) is 4.39 Å². The SMILES string of the molecule is Cc1onc(C(=O)Nc2ccc(C(F)(F)F)cc2)c1COc1ccc(F)cc1. The Kier molecular flexibility index (Phi) is 5.34. The van der Waals surface area contributed by atoms with Crippen LogP contribution in [0, 0.1) is 12.7 Å². The number of nitrogens with one attached hydrogen (secondary N) is 1. The first kappa shape index (κ1) is 19.4. The van der Waals surface area contributed by atoms with E-state index in [1.165, 1.54) is 24.3 Å². The van der Waals surface area contributed by atoms with E-state index in [1.54, 1.807) is 6.92 Å². The number of aryl methyl sites for hydroxylation is 1. The highest BCUT2D eigenvalue weighted by Gasteiger charge is 2.30. The Morgan fingerprint density at radius 3 is 2.36 bits per heavy atom. The van der Waals surface area contributed by atoms with E-state index < -0.39 is 23.5 Å². The van der Waals surface area contributed by atoms with Gasteiger partial charge in [0.25, 0.3) is 5.91 Å². The van der Waals surface area contributed by atoms with Gasteiger partial charge in [0, 0.05) is 5.69 Å². The van der Waals surface area contributed by atoms with Crippen LogP contribution in [0.3, 0.4) is 0 Å². The van der Waals surface area contributed by atoms with Gasteiger partial charge in [-0.3, -0.25) is 4.79 Å². The van der Waals surface area contributed by atoms with Crippen LogP contribution in [0.1, 0.15) is 27.4 Å². The van der Waals surface area contributed by atoms with Crippen molar-refractivity contribution >= 4 is 11.6 Å². The van der Waals surface area contributed by atoms with Crippen molar-refractivity contribution in [2.45, 2.75) is 19.7 Å². The molecule has 28 heavy (non-hydrogen) atoms. The molecule has 0 radical (unpaired) electrons. The molecular formula is C19H14F4N2O3. The Hall–Kier alpha value is -3.36. The van der Waals surface area contributed by atoms with Crippen LogP contribution in [0.25, 0.3) is 0 Å². The summed E-state index contributed by atoms with van der Waals surface area (Å²) in [4.78, 5) is 12.4. The molecule has 0 saturated carbocycles. The molecule has 1 heterocycles. The summed E-state index contributed by atoms with van der Waals surface area (Å²) in [5.41, 5.74) is -0.339. The Morgan fingerprint density at radius 2 is 1.75 bits per heavy atom. The number of nitrogens with zero attached hydrogens (tertiary/aromatic N) is 1. The second-order valence-corrected chi connectivity index (χ2v) is 5.84. The third-order valence-corrected chi connectivity index (χ3v) is 3.87. The molecule has 0 atom stereocenters. The molecule has 0 spiro atoms. The lowest BCUT2D eigenvalue weighted by atomic mass is 10.1. The molecule has 0 unspecified atom stereocenters. The van der Waals surface area contributed by atoms with Crippen LogP contribution in [0.4, 0.5) is 23.2 Å². The highest BCUT2D eigenvalue weighted by atomic mass is 19.4. The molecule has 0 bridgehead atoms. The van der Waals surface area contributed by atoms with Gasteiger partial charge in [0.15, 0.2) is 5.69 Å². The number of halogens is 4. The zero-order chi connectivity index (χ0) is 20.3. The van der Waals surface area contributed by atoms with Gasteiger partial charge in [-0.2, -0.15) is 13.2 Å². The van der Waals surface area contributed by atoms with E-state index in [-0.39, 0.29) is 18.0 Å². The number of carbonyl (C=O) groups is 1. The maximum atomic E-state index is 12.9. The monoisotopic (exact) mass is 394 g/mol. The van der Waals surface area contributed by atoms with Crippen LogP contribution in [-0.2, 0) is 12.8 Å². The predicted molar refractivity (Wildman–Crippen MR) is 91.4 cm³/mol. The van der Waals surface area contributed by atoms with Crippen LogP contribution in [0.2, 0.25) is 0 Å². The Bertz CT molecular complexity index is 964. The number of rotatable bonds is 5. The number of anilines is 1. The molecule has 3 aromatic rings. The van der Waals surface area contributed by atoms with Crippen molar-refractivity contribution in [1.29, 1.82) is 0 Å². The molecule has 1 amide bonds. The van der Waals surface area contributed by atoms with E-state index in [0.29, 0.717) is 17.1 Å². The fourth-order valence-corrected chi connectivity index (χ4v) is 2.36. The lowest BCUT2D eigenvalue weighted by molar-refractivity contribution is -0.137. The van der Waals surface area contributed by atoms with Crippen LogP contribution in [-0.4, -0.2) is 11.1 Å². The number of ether oxygens (including phenoxy) is 1. The van der Waals surface area contributed by atoms with Crippen molar-refractivity contribution < 1.29 is 31.6 Å². The average molecular weight is 394 g/mol. The minimum Gasteiger partial charge on any atom is -0.489 e. The zero-order valence-corrected chi connectivity index (χ0v) is 14.5. The Morgan fingerprint density at radius 1 is 1.11 bits per heavy atom. The number of hydrogen-bond donors (Lipinski definition) is 1. The van der Waals surface area contributed by atoms with Crippen molar-refractivity contribution in [1.82, 2.24) is 5.16 Å². The number of carbonyl (C=O) groups excluding carboxylic acids is 1. The summed E-state index contributed by atoms with van der Waals surface area (Å²) in [6.45, 7) is 1.53. The summed E-state index contributed by atoms with van der Waals surface area (Å²) in [6, 6.07) is 9.33. The molecule has 5 nitrogen and oxygen atoms in total. The van der Waals surface area contributed by atoms with Gasteiger partial charge in [0.2, 0.25) is 0 Å².